The van der Waals surface area contributed by atoms with E-state index in [0.29, 0.717) is 19.1 Å². The van der Waals surface area contributed by atoms with Gasteiger partial charge in [0, 0.05) is 0 Å². The Kier molecular flexibility index (Phi) is 8.42. The van der Waals surface area contributed by atoms with Crippen molar-refractivity contribution in [2.24, 2.45) is 5.92 Å². The molecule has 0 aromatic heterocycles. The molecule has 126 valence electrons. The van der Waals surface area contributed by atoms with Crippen LogP contribution in [0.1, 0.15) is 66.2 Å². The average Bonchev–Trinajstić information content (AvgIpc) is 2.46. The van der Waals surface area contributed by atoms with Gasteiger partial charge in [-0.15, -0.1) is 6.42 Å². The zero-order chi connectivity index (χ0) is 16.4. The van der Waals surface area contributed by atoms with Crippen molar-refractivity contribution in [3.63, 3.8) is 0 Å². The van der Waals surface area contributed by atoms with E-state index in [1.165, 1.54) is 32.1 Å². The van der Waals surface area contributed by atoms with Crippen molar-refractivity contribution in [1.82, 2.24) is 5.32 Å². The Hall–Kier alpha value is -1.14. The first-order valence-corrected chi connectivity index (χ1v) is 8.63. The summed E-state index contributed by atoms with van der Waals surface area (Å²) in [5, 5.41) is 3.59. The Bertz CT molecular complexity index is 370. The molecule has 1 unspecified atom stereocenters. The second-order valence-corrected chi connectivity index (χ2v) is 7.06. The Balaban J connectivity index is 2.70. The van der Waals surface area contributed by atoms with Crippen LogP contribution in [-0.4, -0.2) is 24.9 Å². The third-order valence-electron chi connectivity index (χ3n) is 3.83. The first-order valence-electron chi connectivity index (χ1n) is 8.63. The van der Waals surface area contributed by atoms with Gasteiger partial charge < -0.3 is 14.8 Å². The quantitative estimate of drug-likeness (QED) is 0.413. The molecule has 0 bridgehead atoms. The first-order chi connectivity index (χ1) is 10.5. The van der Waals surface area contributed by atoms with Crippen molar-refractivity contribution in [3.05, 3.63) is 12.0 Å². The van der Waals surface area contributed by atoms with E-state index in [4.69, 9.17) is 15.9 Å². The fourth-order valence-corrected chi connectivity index (χ4v) is 2.91. The lowest BCUT2D eigenvalue weighted by atomic mass is 9.84. The predicted octanol–water partition coefficient (Wildman–Crippen LogP) is 4.24. The van der Waals surface area contributed by atoms with E-state index in [9.17, 15) is 0 Å². The number of hydrogen-bond acceptors (Lipinski definition) is 3. The Morgan fingerprint density at radius 1 is 1.32 bits per heavy atom. The number of nitrogens with one attached hydrogen (secondary N) is 1. The molecule has 1 rings (SSSR count). The van der Waals surface area contributed by atoms with Crippen molar-refractivity contribution in [3.8, 4) is 12.3 Å². The molecule has 1 atom stereocenters. The molecule has 0 radical (unpaired) electrons. The molecule has 0 amide bonds. The zero-order valence-electron chi connectivity index (χ0n) is 14.8. The van der Waals surface area contributed by atoms with Crippen molar-refractivity contribution < 1.29 is 9.47 Å². The van der Waals surface area contributed by atoms with Gasteiger partial charge in [0.25, 0.3) is 0 Å². The fourth-order valence-electron chi connectivity index (χ4n) is 2.91. The van der Waals surface area contributed by atoms with E-state index in [2.05, 4.69) is 45.0 Å². The van der Waals surface area contributed by atoms with Crippen LogP contribution >= 0.6 is 0 Å². The third-order valence-corrected chi connectivity index (χ3v) is 3.83. The van der Waals surface area contributed by atoms with Crippen LogP contribution in [0.3, 0.4) is 0 Å². The minimum absolute atomic E-state index is 0.204. The third kappa shape index (κ3) is 7.75. The van der Waals surface area contributed by atoms with Crippen LogP contribution in [0, 0.1) is 18.3 Å². The predicted molar refractivity (Wildman–Crippen MR) is 92.4 cm³/mol. The highest BCUT2D eigenvalue weighted by Gasteiger charge is 2.25. The normalized spacial score (nSPS) is 18.6. The maximum Gasteiger partial charge on any atom is 0.183 e. The Morgan fingerprint density at radius 3 is 2.55 bits per heavy atom. The minimum atomic E-state index is -0.204. The molecule has 0 aromatic carbocycles. The van der Waals surface area contributed by atoms with Crippen molar-refractivity contribution in [2.45, 2.75) is 77.9 Å². The Morgan fingerprint density at radius 2 is 2.00 bits per heavy atom. The molecule has 1 N–H and O–H groups in total. The summed E-state index contributed by atoms with van der Waals surface area (Å²) in [5.74, 6) is 4.05. The van der Waals surface area contributed by atoms with E-state index in [-0.39, 0.29) is 11.6 Å². The van der Waals surface area contributed by atoms with Gasteiger partial charge in [-0.1, -0.05) is 32.1 Å². The molecule has 3 heteroatoms. The molecule has 0 aromatic rings. The summed E-state index contributed by atoms with van der Waals surface area (Å²) in [6.45, 7) is 9.35. The van der Waals surface area contributed by atoms with E-state index < -0.39 is 0 Å². The lowest BCUT2D eigenvalue weighted by molar-refractivity contribution is 0.0244. The number of terminal acetylenes is 1. The van der Waals surface area contributed by atoms with Crippen LogP contribution in [-0.2, 0) is 9.47 Å². The molecule has 0 saturated heterocycles. The SMILES string of the molecule is C#CCOCC(N/C(=C\CC)OC(C)(C)C)C1CCCCC1. The maximum absolute atomic E-state index is 6.06. The van der Waals surface area contributed by atoms with E-state index in [0.717, 1.165) is 12.3 Å². The van der Waals surface area contributed by atoms with Gasteiger partial charge in [-0.2, -0.15) is 0 Å². The standard InChI is InChI=1S/C19H33NO2/c1-6-11-18(22-19(3,4)5)20-17(15-21-14-7-2)16-12-9-8-10-13-16/h2,11,16-17,20H,6,8-10,12-15H2,1,3-5H3/b18-11+. The van der Waals surface area contributed by atoms with Crippen LogP contribution in [0.5, 0.6) is 0 Å². The minimum Gasteiger partial charge on any atom is -0.474 e. The van der Waals surface area contributed by atoms with Gasteiger partial charge in [-0.25, -0.2) is 0 Å². The summed E-state index contributed by atoms with van der Waals surface area (Å²) < 4.78 is 11.7. The summed E-state index contributed by atoms with van der Waals surface area (Å²) in [4.78, 5) is 0. The second kappa shape index (κ2) is 9.79. The van der Waals surface area contributed by atoms with Gasteiger partial charge >= 0.3 is 0 Å². The van der Waals surface area contributed by atoms with Gasteiger partial charge in [0.1, 0.15) is 12.2 Å². The molecular formula is C19H33NO2. The first kappa shape index (κ1) is 18.9. The maximum atomic E-state index is 6.06. The van der Waals surface area contributed by atoms with Gasteiger partial charge in [0.05, 0.1) is 12.6 Å². The van der Waals surface area contributed by atoms with Crippen molar-refractivity contribution in [2.75, 3.05) is 13.2 Å². The Labute approximate surface area is 136 Å². The van der Waals surface area contributed by atoms with E-state index >= 15 is 0 Å². The lowest BCUT2D eigenvalue weighted by Crippen LogP contribution is -2.42. The van der Waals surface area contributed by atoms with E-state index in [1.54, 1.807) is 0 Å². The fraction of sp³-hybridized carbons (Fsp3) is 0.789. The highest BCUT2D eigenvalue weighted by molar-refractivity contribution is 4.97. The number of allylic oxidation sites excluding steroid dienone is 1. The monoisotopic (exact) mass is 307 g/mol. The molecule has 0 heterocycles. The van der Waals surface area contributed by atoms with Crippen LogP contribution in [0.2, 0.25) is 0 Å². The van der Waals surface area contributed by atoms with E-state index in [1.807, 2.05) is 0 Å². The molecule has 1 fully saturated rings. The van der Waals surface area contributed by atoms with Crippen LogP contribution in [0.4, 0.5) is 0 Å². The van der Waals surface area contributed by atoms with Crippen molar-refractivity contribution >= 4 is 0 Å². The van der Waals surface area contributed by atoms with Gasteiger partial charge in [-0.05, 0) is 52.0 Å². The summed E-state index contributed by atoms with van der Waals surface area (Å²) in [7, 11) is 0. The largest absolute Gasteiger partial charge is 0.474 e. The summed E-state index contributed by atoms with van der Waals surface area (Å²) in [6, 6.07) is 0.272. The van der Waals surface area contributed by atoms with Gasteiger partial charge in [0.2, 0.25) is 0 Å². The van der Waals surface area contributed by atoms with Crippen LogP contribution < -0.4 is 5.32 Å². The molecule has 1 aliphatic carbocycles. The topological polar surface area (TPSA) is 30.5 Å². The number of ether oxygens (including phenoxy) is 2. The molecule has 22 heavy (non-hydrogen) atoms. The molecule has 0 spiro atoms. The van der Waals surface area contributed by atoms with Gasteiger partial charge in [0.15, 0.2) is 5.88 Å². The molecule has 1 aliphatic rings. The van der Waals surface area contributed by atoms with Crippen LogP contribution in [0.15, 0.2) is 12.0 Å². The summed E-state index contributed by atoms with van der Waals surface area (Å²) in [6.07, 6.45) is 14.8. The van der Waals surface area contributed by atoms with Crippen molar-refractivity contribution in [1.29, 1.82) is 0 Å². The zero-order valence-corrected chi connectivity index (χ0v) is 14.8. The molecule has 3 nitrogen and oxygen atoms in total. The second-order valence-electron chi connectivity index (χ2n) is 7.06. The highest BCUT2D eigenvalue weighted by atomic mass is 16.5. The molecule has 1 saturated carbocycles. The lowest BCUT2D eigenvalue weighted by Gasteiger charge is -2.33. The number of rotatable bonds is 8. The summed E-state index contributed by atoms with van der Waals surface area (Å²) in [5.41, 5.74) is -0.204. The van der Waals surface area contributed by atoms with Crippen LogP contribution in [0.25, 0.3) is 0 Å². The summed E-state index contributed by atoms with van der Waals surface area (Å²) >= 11 is 0. The number of hydrogen-bond donors (Lipinski definition) is 1. The molecule has 0 aliphatic heterocycles. The van der Waals surface area contributed by atoms with Gasteiger partial charge in [-0.3, -0.25) is 0 Å². The average molecular weight is 307 g/mol. The molecular weight excluding hydrogens is 274 g/mol. The smallest absolute Gasteiger partial charge is 0.183 e. The highest BCUT2D eigenvalue weighted by Crippen LogP contribution is 2.27.